The highest BCUT2D eigenvalue weighted by Crippen LogP contribution is 2.49. The van der Waals surface area contributed by atoms with Crippen LogP contribution in [0.5, 0.6) is 6.01 Å². The first kappa shape index (κ1) is 32.6. The molecule has 3 unspecified atom stereocenters. The number of halogens is 3. The van der Waals surface area contributed by atoms with Crippen LogP contribution in [0.15, 0.2) is 30.9 Å². The van der Waals surface area contributed by atoms with Gasteiger partial charge < -0.3 is 20.3 Å². The van der Waals surface area contributed by atoms with Gasteiger partial charge in [0, 0.05) is 49.4 Å². The van der Waals surface area contributed by atoms with Crippen LogP contribution >= 0.6 is 11.3 Å². The summed E-state index contributed by atoms with van der Waals surface area (Å²) >= 11 is 0.880. The molecule has 4 aromatic rings. The molecule has 0 radical (unpaired) electrons. The van der Waals surface area contributed by atoms with E-state index in [0.717, 1.165) is 36.8 Å². The average molecular weight is 687 g/mol. The number of anilines is 2. The van der Waals surface area contributed by atoms with Crippen LogP contribution in [0.4, 0.5) is 29.7 Å². The Hall–Kier alpha value is -4.92. The molecule has 252 valence electrons. The number of benzene rings is 2. The molecule has 14 heteroatoms. The maximum absolute atomic E-state index is 17.2. The third kappa shape index (κ3) is 5.13. The highest BCUT2D eigenvalue weighted by atomic mass is 32.1. The van der Waals surface area contributed by atoms with Gasteiger partial charge in [-0.3, -0.25) is 9.69 Å². The number of nitrogens with two attached hydrogens (primary N) is 1. The molecule has 3 aliphatic heterocycles. The smallest absolute Gasteiger partial charge is 0.319 e. The molecule has 7 rings (SSSR count). The van der Waals surface area contributed by atoms with Gasteiger partial charge in [-0.15, -0.1) is 11.3 Å². The highest BCUT2D eigenvalue weighted by Gasteiger charge is 2.49. The monoisotopic (exact) mass is 686 g/mol. The molecular formula is C35H33F3N8O2S. The van der Waals surface area contributed by atoms with Crippen molar-refractivity contribution in [3.8, 4) is 23.2 Å². The molecule has 5 heterocycles. The molecule has 10 nitrogen and oxygen atoms in total. The lowest BCUT2D eigenvalue weighted by Gasteiger charge is -2.37. The Kier molecular flexibility index (Phi) is 7.92. The number of fused-ring (bicyclic) bond motifs is 3. The van der Waals surface area contributed by atoms with Crippen LogP contribution in [-0.4, -0.2) is 82.8 Å². The van der Waals surface area contributed by atoms with Crippen molar-refractivity contribution in [2.24, 2.45) is 0 Å². The number of thiophene rings is 1. The van der Waals surface area contributed by atoms with Gasteiger partial charge in [0.15, 0.2) is 5.82 Å². The molecule has 3 atom stereocenters. The summed E-state index contributed by atoms with van der Waals surface area (Å²) < 4.78 is 53.0. The summed E-state index contributed by atoms with van der Waals surface area (Å²) in [5.74, 6) is -1.44. The number of likely N-dealkylation sites (N-methyl/N-ethyl adjacent to an activating group) is 1. The molecule has 0 aliphatic carbocycles. The summed E-state index contributed by atoms with van der Waals surface area (Å²) in [5, 5.41) is 10.8. The number of rotatable bonds is 7. The van der Waals surface area contributed by atoms with Gasteiger partial charge in [0.05, 0.1) is 39.0 Å². The molecule has 2 aromatic carbocycles. The SMILES string of the molecule is [C-]#[N+]c1c(N)sc2c(F)ccc(-c3c(C#N)cc4c(N(C)C5(C)CCN(C(=O)C=C)C5)nc(OCC56CCCN5CC(F)C6)nc4c3F)c12. The van der Waals surface area contributed by atoms with Gasteiger partial charge in [-0.2, -0.15) is 15.2 Å². The van der Waals surface area contributed by atoms with E-state index < -0.39 is 28.9 Å². The van der Waals surface area contributed by atoms with E-state index in [1.165, 1.54) is 18.2 Å². The number of likely N-dealkylation sites (tertiary alicyclic amines) is 1. The summed E-state index contributed by atoms with van der Waals surface area (Å²) in [7, 11) is 1.78. The van der Waals surface area contributed by atoms with Gasteiger partial charge in [0.25, 0.3) is 0 Å². The lowest BCUT2D eigenvalue weighted by atomic mass is 9.93. The van der Waals surface area contributed by atoms with Crippen molar-refractivity contribution in [2.45, 2.75) is 49.9 Å². The number of alkyl halides is 1. The topological polar surface area (TPSA) is 116 Å². The van der Waals surface area contributed by atoms with Crippen LogP contribution in [0.2, 0.25) is 0 Å². The minimum Gasteiger partial charge on any atom is -0.461 e. The Morgan fingerprint density at radius 1 is 1.35 bits per heavy atom. The van der Waals surface area contributed by atoms with E-state index in [0.29, 0.717) is 32.5 Å². The molecule has 0 saturated carbocycles. The number of nitrogen functional groups attached to an aromatic ring is 1. The summed E-state index contributed by atoms with van der Waals surface area (Å²) in [6.45, 7) is 15.3. The van der Waals surface area contributed by atoms with Crippen LogP contribution < -0.4 is 15.4 Å². The number of nitrogens with zero attached hydrogens (tertiary/aromatic N) is 7. The van der Waals surface area contributed by atoms with Gasteiger partial charge in [-0.25, -0.2) is 18.0 Å². The van der Waals surface area contributed by atoms with Gasteiger partial charge in [0.1, 0.15) is 29.9 Å². The first-order valence-electron chi connectivity index (χ1n) is 15.9. The minimum absolute atomic E-state index is 0.0269. The van der Waals surface area contributed by atoms with Gasteiger partial charge in [0.2, 0.25) is 11.6 Å². The molecular weight excluding hydrogens is 654 g/mol. The average Bonchev–Trinajstić information content (AvgIpc) is 3.84. The number of ether oxygens (including phenoxy) is 1. The van der Waals surface area contributed by atoms with Crippen molar-refractivity contribution in [1.82, 2.24) is 19.8 Å². The third-order valence-electron chi connectivity index (χ3n) is 10.5. The largest absolute Gasteiger partial charge is 0.461 e. The fraction of sp³-hybridized carbons (Fsp3) is 0.400. The van der Waals surface area contributed by atoms with E-state index in [1.807, 2.05) is 11.8 Å². The molecule has 1 amide bonds. The Morgan fingerprint density at radius 3 is 2.88 bits per heavy atom. The van der Waals surface area contributed by atoms with Crippen molar-refractivity contribution >= 4 is 54.7 Å². The van der Waals surface area contributed by atoms with Crippen LogP contribution in [0.1, 0.15) is 38.2 Å². The van der Waals surface area contributed by atoms with Crippen LogP contribution in [-0.2, 0) is 4.79 Å². The first-order valence-corrected chi connectivity index (χ1v) is 16.7. The molecule has 2 N–H and O–H groups in total. The van der Waals surface area contributed by atoms with Gasteiger partial charge in [-0.05, 0) is 56.5 Å². The van der Waals surface area contributed by atoms with Crippen LogP contribution in [0.3, 0.4) is 0 Å². The van der Waals surface area contributed by atoms with E-state index in [1.54, 1.807) is 11.9 Å². The Morgan fingerprint density at radius 2 is 2.14 bits per heavy atom. The molecule has 2 aromatic heterocycles. The second-order valence-electron chi connectivity index (χ2n) is 13.3. The standard InChI is InChI=1S/C35H33F3N8O2S/c1-5-24(47)45-12-10-34(2,17-45)44(4)32-22-13-19(15-39)25(21-7-8-23(37)30-26(21)29(41-3)31(40)49-30)27(38)28(22)42-33(43-32)48-18-35-9-6-11-46(35)16-20(36)14-35/h5,7-8,13,20H,1,6,9-12,14,16-18,40H2,2,4H3. The lowest BCUT2D eigenvalue weighted by Crippen LogP contribution is -2.47. The van der Waals surface area contributed by atoms with E-state index in [4.69, 9.17) is 22.0 Å². The second kappa shape index (κ2) is 11.9. The first-order chi connectivity index (χ1) is 23.4. The van der Waals surface area contributed by atoms with Crippen LogP contribution in [0.25, 0.3) is 37.0 Å². The summed E-state index contributed by atoms with van der Waals surface area (Å²) in [4.78, 5) is 30.9. The number of nitriles is 1. The fourth-order valence-corrected chi connectivity index (χ4v) is 8.73. The van der Waals surface area contributed by atoms with Crippen molar-refractivity contribution in [1.29, 1.82) is 5.26 Å². The maximum Gasteiger partial charge on any atom is 0.319 e. The summed E-state index contributed by atoms with van der Waals surface area (Å²) in [6.07, 6.45) is 2.82. The quantitative estimate of drug-likeness (QED) is 0.176. The summed E-state index contributed by atoms with van der Waals surface area (Å²) in [6, 6.07) is 5.93. The van der Waals surface area contributed by atoms with Crippen LogP contribution in [0, 0.1) is 29.5 Å². The molecule has 0 spiro atoms. The maximum atomic E-state index is 17.2. The number of carbonyl (C=O) groups is 1. The Bertz CT molecular complexity index is 2140. The number of aromatic nitrogens is 2. The predicted molar refractivity (Wildman–Crippen MR) is 182 cm³/mol. The number of amides is 1. The van der Waals surface area contributed by atoms with Gasteiger partial charge >= 0.3 is 6.01 Å². The minimum atomic E-state index is -0.977. The van der Waals surface area contributed by atoms with E-state index in [-0.39, 0.29) is 72.7 Å². The normalized spacial score (nSPS) is 23.5. The molecule has 3 aliphatic rings. The third-order valence-corrected chi connectivity index (χ3v) is 11.5. The second-order valence-corrected chi connectivity index (χ2v) is 14.4. The van der Waals surface area contributed by atoms with Crippen molar-refractivity contribution in [3.63, 3.8) is 0 Å². The molecule has 49 heavy (non-hydrogen) atoms. The van der Waals surface area contributed by atoms with Crippen molar-refractivity contribution < 1.29 is 22.7 Å². The predicted octanol–water partition coefficient (Wildman–Crippen LogP) is 6.36. The molecule has 3 fully saturated rings. The van der Waals surface area contributed by atoms with E-state index in [9.17, 15) is 18.8 Å². The molecule has 3 saturated heterocycles. The zero-order valence-corrected chi connectivity index (χ0v) is 27.8. The van der Waals surface area contributed by atoms with E-state index in [2.05, 4.69) is 27.4 Å². The van der Waals surface area contributed by atoms with Crippen molar-refractivity contribution in [2.75, 3.05) is 50.5 Å². The zero-order valence-electron chi connectivity index (χ0n) is 27.0. The number of hydrogen-bond acceptors (Lipinski definition) is 9. The highest BCUT2D eigenvalue weighted by molar-refractivity contribution is 7.23. The lowest BCUT2D eigenvalue weighted by molar-refractivity contribution is -0.125. The number of carbonyl (C=O) groups excluding carboxylic acids is 1. The van der Waals surface area contributed by atoms with Gasteiger partial charge in [-0.1, -0.05) is 12.6 Å². The zero-order chi connectivity index (χ0) is 34.8. The number of hydrogen-bond donors (Lipinski definition) is 1. The van der Waals surface area contributed by atoms with Crippen molar-refractivity contribution in [3.05, 3.63) is 59.5 Å². The van der Waals surface area contributed by atoms with E-state index >= 15 is 4.39 Å². The Balaban J connectivity index is 1.42. The summed E-state index contributed by atoms with van der Waals surface area (Å²) in [5.41, 5.74) is 4.62. The Labute approximate surface area is 285 Å². The molecule has 0 bridgehead atoms. The fourth-order valence-electron chi connectivity index (χ4n) is 7.79.